The Morgan fingerprint density at radius 1 is 0.963 bits per heavy atom. The first-order valence-corrected chi connectivity index (χ1v) is 9.41. The molecule has 0 aliphatic rings. The van der Waals surface area contributed by atoms with Crippen LogP contribution >= 0.6 is 15.9 Å². The van der Waals surface area contributed by atoms with Gasteiger partial charge in [-0.25, -0.2) is 4.68 Å². The van der Waals surface area contributed by atoms with Gasteiger partial charge in [0.2, 0.25) is 0 Å². The van der Waals surface area contributed by atoms with Crippen LogP contribution in [0.2, 0.25) is 0 Å². The number of rotatable bonds is 3. The van der Waals surface area contributed by atoms with Crippen molar-refractivity contribution in [3.8, 4) is 0 Å². The summed E-state index contributed by atoms with van der Waals surface area (Å²) in [5.74, 6) is 0. The maximum atomic E-state index is 12.9. The fourth-order valence-corrected chi connectivity index (χ4v) is 3.74. The number of nitrogens with zero attached hydrogens (tertiary/aromatic N) is 2. The van der Waals surface area contributed by atoms with E-state index < -0.39 is 0 Å². The Bertz CT molecular complexity index is 1190. The third-order valence-electron chi connectivity index (χ3n) is 4.53. The minimum atomic E-state index is -0.112. The highest BCUT2D eigenvalue weighted by molar-refractivity contribution is 9.10. The Kier molecular flexibility index (Phi) is 4.73. The van der Waals surface area contributed by atoms with Gasteiger partial charge >= 0.3 is 0 Å². The first kappa shape index (κ1) is 17.4. The molecule has 0 fully saturated rings. The van der Waals surface area contributed by atoms with Crippen molar-refractivity contribution in [1.82, 2.24) is 9.78 Å². The van der Waals surface area contributed by atoms with E-state index in [1.165, 1.54) is 4.68 Å². The second-order valence-corrected chi connectivity index (χ2v) is 7.15. The Labute approximate surface area is 165 Å². The molecule has 1 aromatic heterocycles. The smallest absolute Gasteiger partial charge is 0.267 e. The van der Waals surface area contributed by atoms with Crippen molar-refractivity contribution in [3.63, 3.8) is 0 Å². The van der Waals surface area contributed by atoms with Gasteiger partial charge in [0.25, 0.3) is 5.56 Å². The molecule has 3 aromatic carbocycles. The number of aryl methyl sites for hydroxylation is 1. The SMILES string of the molecule is Cn1ncc2ccc(Br)c(/C(=C/c3ccccc3)c3ccccc3)c2c1=O. The second-order valence-electron chi connectivity index (χ2n) is 6.29. The first-order valence-electron chi connectivity index (χ1n) is 8.62. The molecule has 4 rings (SSSR count). The quantitative estimate of drug-likeness (QED) is 0.425. The van der Waals surface area contributed by atoms with Crippen LogP contribution in [0.15, 0.2) is 88.3 Å². The molecule has 0 spiro atoms. The maximum absolute atomic E-state index is 12.9. The largest absolute Gasteiger partial charge is 0.275 e. The molecule has 0 bridgehead atoms. The number of halogens is 1. The van der Waals surface area contributed by atoms with Crippen molar-refractivity contribution in [2.24, 2.45) is 7.05 Å². The Balaban J connectivity index is 2.11. The van der Waals surface area contributed by atoms with Crippen molar-refractivity contribution in [2.75, 3.05) is 0 Å². The molecular weight excluding hydrogens is 400 g/mol. The van der Waals surface area contributed by atoms with E-state index in [9.17, 15) is 4.79 Å². The van der Waals surface area contributed by atoms with E-state index in [2.05, 4.69) is 51.4 Å². The van der Waals surface area contributed by atoms with Crippen molar-refractivity contribution in [1.29, 1.82) is 0 Å². The van der Waals surface area contributed by atoms with Crippen LogP contribution in [0.1, 0.15) is 16.7 Å². The van der Waals surface area contributed by atoms with Gasteiger partial charge in [0.1, 0.15) is 0 Å². The summed E-state index contributed by atoms with van der Waals surface area (Å²) in [6.07, 6.45) is 3.85. The highest BCUT2D eigenvalue weighted by Crippen LogP contribution is 2.35. The van der Waals surface area contributed by atoms with Crippen molar-refractivity contribution in [3.05, 3.63) is 111 Å². The van der Waals surface area contributed by atoms with Gasteiger partial charge in [-0.1, -0.05) is 82.7 Å². The summed E-state index contributed by atoms with van der Waals surface area (Å²) >= 11 is 3.68. The van der Waals surface area contributed by atoms with Gasteiger partial charge in [-0.05, 0) is 28.8 Å². The molecule has 27 heavy (non-hydrogen) atoms. The van der Waals surface area contributed by atoms with E-state index in [1.54, 1.807) is 13.2 Å². The van der Waals surface area contributed by atoms with E-state index >= 15 is 0 Å². The molecule has 0 aliphatic heterocycles. The molecule has 0 unspecified atom stereocenters. The Morgan fingerprint density at radius 3 is 2.33 bits per heavy atom. The van der Waals surface area contributed by atoms with Crippen LogP contribution in [0.4, 0.5) is 0 Å². The average molecular weight is 417 g/mol. The summed E-state index contributed by atoms with van der Waals surface area (Å²) in [6.45, 7) is 0. The lowest BCUT2D eigenvalue weighted by Gasteiger charge is -2.14. The highest BCUT2D eigenvalue weighted by Gasteiger charge is 2.16. The average Bonchev–Trinajstić information content (AvgIpc) is 2.71. The third-order valence-corrected chi connectivity index (χ3v) is 5.19. The van der Waals surface area contributed by atoms with E-state index in [0.29, 0.717) is 5.39 Å². The first-order chi connectivity index (χ1) is 13.1. The lowest BCUT2D eigenvalue weighted by molar-refractivity contribution is 0.718. The van der Waals surface area contributed by atoms with Crippen LogP contribution < -0.4 is 5.56 Å². The summed E-state index contributed by atoms with van der Waals surface area (Å²) in [7, 11) is 1.68. The molecule has 0 saturated heterocycles. The van der Waals surface area contributed by atoms with Gasteiger partial charge in [0.05, 0.1) is 11.6 Å². The molecule has 0 saturated carbocycles. The summed E-state index contributed by atoms with van der Waals surface area (Å²) in [5.41, 5.74) is 3.88. The molecule has 0 radical (unpaired) electrons. The number of hydrogen-bond acceptors (Lipinski definition) is 2. The summed E-state index contributed by atoms with van der Waals surface area (Å²) in [6, 6.07) is 24.1. The zero-order valence-corrected chi connectivity index (χ0v) is 16.3. The number of aromatic nitrogens is 2. The predicted molar refractivity (Wildman–Crippen MR) is 115 cm³/mol. The van der Waals surface area contributed by atoms with Crippen LogP contribution in [0, 0.1) is 0 Å². The second kappa shape index (κ2) is 7.33. The fourth-order valence-electron chi connectivity index (χ4n) is 3.19. The lowest BCUT2D eigenvalue weighted by Crippen LogP contribution is -2.20. The molecule has 1 heterocycles. The summed E-state index contributed by atoms with van der Waals surface area (Å²) in [4.78, 5) is 12.9. The normalized spacial score (nSPS) is 11.7. The maximum Gasteiger partial charge on any atom is 0.275 e. The number of hydrogen-bond donors (Lipinski definition) is 0. The summed E-state index contributed by atoms with van der Waals surface area (Å²) < 4.78 is 2.26. The van der Waals surface area contributed by atoms with E-state index in [4.69, 9.17) is 0 Å². The van der Waals surface area contributed by atoms with Gasteiger partial charge in [-0.15, -0.1) is 0 Å². The highest BCUT2D eigenvalue weighted by atomic mass is 79.9. The molecular formula is C23H17BrN2O. The summed E-state index contributed by atoms with van der Waals surface area (Å²) in [5, 5.41) is 5.65. The van der Waals surface area contributed by atoms with Gasteiger partial charge in [0, 0.05) is 22.5 Å². The van der Waals surface area contributed by atoms with Crippen LogP contribution in [0.3, 0.4) is 0 Å². The predicted octanol–water partition coefficient (Wildman–Crippen LogP) is 5.28. The van der Waals surface area contributed by atoms with Crippen molar-refractivity contribution < 1.29 is 0 Å². The molecule has 0 amide bonds. The van der Waals surface area contributed by atoms with Crippen LogP contribution in [0.5, 0.6) is 0 Å². The molecule has 4 aromatic rings. The minimum Gasteiger partial charge on any atom is -0.267 e. The standard InChI is InChI=1S/C23H17BrN2O/c1-26-23(27)21-18(15-25-26)12-13-20(24)22(21)19(17-10-6-3-7-11-17)14-16-8-4-2-5-9-16/h2-15H,1H3/b19-14+. The lowest BCUT2D eigenvalue weighted by atomic mass is 9.92. The van der Waals surface area contributed by atoms with E-state index in [1.807, 2.05) is 48.5 Å². The van der Waals surface area contributed by atoms with Crippen molar-refractivity contribution in [2.45, 2.75) is 0 Å². The van der Waals surface area contributed by atoms with Gasteiger partial charge in [0.15, 0.2) is 0 Å². The van der Waals surface area contributed by atoms with Gasteiger partial charge in [-0.3, -0.25) is 4.79 Å². The third kappa shape index (κ3) is 3.36. The van der Waals surface area contributed by atoms with Crippen LogP contribution in [0.25, 0.3) is 22.4 Å². The molecule has 3 nitrogen and oxygen atoms in total. The Hall–Kier alpha value is -2.98. The zero-order chi connectivity index (χ0) is 18.8. The number of fused-ring (bicyclic) bond motifs is 1. The number of benzene rings is 3. The van der Waals surface area contributed by atoms with Crippen LogP contribution in [-0.4, -0.2) is 9.78 Å². The molecule has 132 valence electrons. The zero-order valence-electron chi connectivity index (χ0n) is 14.8. The Morgan fingerprint density at radius 2 is 1.63 bits per heavy atom. The van der Waals surface area contributed by atoms with Gasteiger partial charge in [-0.2, -0.15) is 5.10 Å². The monoisotopic (exact) mass is 416 g/mol. The van der Waals surface area contributed by atoms with Crippen molar-refractivity contribution >= 4 is 38.4 Å². The molecule has 0 atom stereocenters. The topological polar surface area (TPSA) is 34.9 Å². The van der Waals surface area contributed by atoms with Crippen LogP contribution in [-0.2, 0) is 7.05 Å². The van der Waals surface area contributed by atoms with Gasteiger partial charge < -0.3 is 0 Å². The van der Waals surface area contributed by atoms with E-state index in [0.717, 1.165) is 32.1 Å². The van der Waals surface area contributed by atoms with E-state index in [-0.39, 0.29) is 5.56 Å². The fraction of sp³-hybridized carbons (Fsp3) is 0.0435. The minimum absolute atomic E-state index is 0.112. The molecule has 4 heteroatoms. The molecule has 0 N–H and O–H groups in total. The molecule has 0 aliphatic carbocycles.